The Morgan fingerprint density at radius 1 is 1.35 bits per heavy atom. The summed E-state index contributed by atoms with van der Waals surface area (Å²) in [5.74, 6) is -0.354. The van der Waals surface area contributed by atoms with Crippen LogP contribution >= 0.6 is 11.6 Å². The van der Waals surface area contributed by atoms with Gasteiger partial charge in [-0.05, 0) is 49.1 Å². The molecule has 2 unspecified atom stereocenters. The lowest BCUT2D eigenvalue weighted by Gasteiger charge is -2.22. The summed E-state index contributed by atoms with van der Waals surface area (Å²) in [4.78, 5) is 40.0. The summed E-state index contributed by atoms with van der Waals surface area (Å²) >= 11 is 5.84. The number of urea groups is 1. The van der Waals surface area contributed by atoms with E-state index in [0.717, 1.165) is 11.3 Å². The number of hydrogen-bond donors (Lipinski definition) is 2. The Morgan fingerprint density at radius 2 is 2.04 bits per heavy atom. The lowest BCUT2D eigenvalue weighted by atomic mass is 9.90. The molecule has 7 nitrogen and oxygen atoms in total. The molecule has 3 N–H and O–H groups in total. The third-order valence-electron chi connectivity index (χ3n) is 5.15. The molecule has 140 valence electrons. The summed E-state index contributed by atoms with van der Waals surface area (Å²) in [6, 6.07) is 5.31. The van der Waals surface area contributed by atoms with Crippen LogP contribution in [0, 0.1) is 5.41 Å². The summed E-state index contributed by atoms with van der Waals surface area (Å²) in [6.07, 6.45) is 1.38. The Morgan fingerprint density at radius 3 is 2.65 bits per heavy atom. The molecular formula is C18H23ClN4O3. The summed E-state index contributed by atoms with van der Waals surface area (Å²) < 4.78 is 0. The van der Waals surface area contributed by atoms with E-state index in [0.29, 0.717) is 30.3 Å². The van der Waals surface area contributed by atoms with Crippen molar-refractivity contribution >= 4 is 35.1 Å². The van der Waals surface area contributed by atoms with Crippen molar-refractivity contribution < 1.29 is 14.4 Å². The first-order valence-electron chi connectivity index (χ1n) is 8.71. The Bertz CT molecular complexity index is 724. The van der Waals surface area contributed by atoms with Crippen LogP contribution in [0.3, 0.4) is 0 Å². The molecule has 0 spiro atoms. The molecule has 2 aliphatic rings. The molecule has 2 heterocycles. The average molecular weight is 379 g/mol. The van der Waals surface area contributed by atoms with Crippen molar-refractivity contribution in [1.29, 1.82) is 0 Å². The molecule has 2 aliphatic heterocycles. The number of halogens is 1. The fraction of sp³-hybridized carbons (Fsp3) is 0.500. The smallest absolute Gasteiger partial charge is 0.329 e. The number of hydrogen-bond acceptors (Lipinski definition) is 4. The molecule has 2 fully saturated rings. The topological polar surface area (TPSA) is 95.7 Å². The lowest BCUT2D eigenvalue weighted by Crippen LogP contribution is -2.36. The third-order valence-corrected chi connectivity index (χ3v) is 5.41. The van der Waals surface area contributed by atoms with Gasteiger partial charge in [0.05, 0.1) is 5.69 Å². The number of amides is 4. The van der Waals surface area contributed by atoms with Gasteiger partial charge in [0.15, 0.2) is 0 Å². The van der Waals surface area contributed by atoms with Gasteiger partial charge in [-0.2, -0.15) is 0 Å². The number of benzene rings is 1. The fourth-order valence-electron chi connectivity index (χ4n) is 3.39. The normalized spacial score (nSPS) is 25.7. The Kier molecular flexibility index (Phi) is 5.20. The van der Waals surface area contributed by atoms with E-state index in [1.807, 2.05) is 0 Å². The van der Waals surface area contributed by atoms with E-state index in [1.165, 1.54) is 0 Å². The molecular weight excluding hydrogens is 356 g/mol. The number of likely N-dealkylation sites (tertiary alicyclic amines) is 1. The van der Waals surface area contributed by atoms with Crippen LogP contribution in [-0.4, -0.2) is 48.4 Å². The number of nitrogens with zero attached hydrogens (tertiary/aromatic N) is 2. The largest absolute Gasteiger partial charge is 0.342 e. The highest BCUT2D eigenvalue weighted by Gasteiger charge is 2.40. The summed E-state index contributed by atoms with van der Waals surface area (Å²) in [5, 5.41) is 3.18. The van der Waals surface area contributed by atoms with Gasteiger partial charge in [0.1, 0.15) is 6.04 Å². The van der Waals surface area contributed by atoms with Crippen LogP contribution in [0.5, 0.6) is 0 Å². The molecule has 0 aromatic heterocycles. The molecule has 2 atom stereocenters. The van der Waals surface area contributed by atoms with Crippen LogP contribution in [-0.2, 0) is 9.59 Å². The van der Waals surface area contributed by atoms with E-state index in [2.05, 4.69) is 12.2 Å². The highest BCUT2D eigenvalue weighted by Crippen LogP contribution is 2.29. The minimum absolute atomic E-state index is 0.00540. The van der Waals surface area contributed by atoms with Crippen molar-refractivity contribution in [3.05, 3.63) is 29.3 Å². The van der Waals surface area contributed by atoms with Gasteiger partial charge < -0.3 is 16.0 Å². The van der Waals surface area contributed by atoms with E-state index < -0.39 is 12.1 Å². The third kappa shape index (κ3) is 3.68. The number of anilines is 1. The van der Waals surface area contributed by atoms with Crippen molar-refractivity contribution in [2.24, 2.45) is 11.1 Å². The van der Waals surface area contributed by atoms with Gasteiger partial charge in [-0.25, -0.2) is 9.69 Å². The number of rotatable bonds is 5. The first-order valence-corrected chi connectivity index (χ1v) is 9.09. The van der Waals surface area contributed by atoms with Gasteiger partial charge in [0, 0.05) is 24.5 Å². The highest BCUT2D eigenvalue weighted by molar-refractivity contribution is 6.30. The number of nitrogens with two attached hydrogens (primary N) is 1. The van der Waals surface area contributed by atoms with Crippen molar-refractivity contribution in [2.75, 3.05) is 24.5 Å². The quantitative estimate of drug-likeness (QED) is 0.763. The van der Waals surface area contributed by atoms with Crippen LogP contribution in [0.2, 0.25) is 5.02 Å². The van der Waals surface area contributed by atoms with Gasteiger partial charge in [-0.15, -0.1) is 0 Å². The Hall–Kier alpha value is -2.12. The molecule has 1 aromatic rings. The summed E-state index contributed by atoms with van der Waals surface area (Å²) in [5.41, 5.74) is 6.21. The zero-order chi connectivity index (χ0) is 18.9. The number of carbonyl (C=O) groups excluding carboxylic acids is 3. The van der Waals surface area contributed by atoms with E-state index in [9.17, 15) is 14.4 Å². The standard InChI is InChI=1S/C18H23ClN4O3/c1-18(10-20)8-9-22(11-18)15(24)7-6-14-16(25)23(17(26)21-14)13-4-2-12(19)3-5-13/h2-5,14H,6-11,20H2,1H3,(H,21,26). The van der Waals surface area contributed by atoms with Crippen LogP contribution in [0.1, 0.15) is 26.2 Å². The van der Waals surface area contributed by atoms with E-state index in [4.69, 9.17) is 17.3 Å². The minimum Gasteiger partial charge on any atom is -0.342 e. The van der Waals surface area contributed by atoms with Crippen LogP contribution in [0.4, 0.5) is 10.5 Å². The van der Waals surface area contributed by atoms with Gasteiger partial charge in [-0.3, -0.25) is 9.59 Å². The maximum absolute atomic E-state index is 12.6. The predicted octanol–water partition coefficient (Wildman–Crippen LogP) is 1.74. The summed E-state index contributed by atoms with van der Waals surface area (Å²) in [6.45, 7) is 3.95. The fourth-order valence-corrected chi connectivity index (χ4v) is 3.52. The van der Waals surface area contributed by atoms with Gasteiger partial charge in [0.2, 0.25) is 5.91 Å². The van der Waals surface area contributed by atoms with Crippen molar-refractivity contribution in [3.8, 4) is 0 Å². The number of imide groups is 1. The first-order chi connectivity index (χ1) is 12.3. The monoisotopic (exact) mass is 378 g/mol. The maximum Gasteiger partial charge on any atom is 0.329 e. The molecule has 0 aliphatic carbocycles. The molecule has 4 amide bonds. The number of nitrogens with one attached hydrogen (secondary N) is 1. The molecule has 1 aromatic carbocycles. The second-order valence-corrected chi connectivity index (χ2v) is 7.71. The van der Waals surface area contributed by atoms with E-state index >= 15 is 0 Å². The molecule has 0 saturated carbocycles. The molecule has 0 bridgehead atoms. The second kappa shape index (κ2) is 7.25. The van der Waals surface area contributed by atoms with Crippen LogP contribution in [0.25, 0.3) is 0 Å². The number of carbonyl (C=O) groups is 3. The highest BCUT2D eigenvalue weighted by atomic mass is 35.5. The van der Waals surface area contributed by atoms with Crippen molar-refractivity contribution in [2.45, 2.75) is 32.2 Å². The van der Waals surface area contributed by atoms with E-state index in [1.54, 1.807) is 29.2 Å². The van der Waals surface area contributed by atoms with E-state index in [-0.39, 0.29) is 30.1 Å². The maximum atomic E-state index is 12.6. The minimum atomic E-state index is -0.689. The van der Waals surface area contributed by atoms with Crippen LogP contribution < -0.4 is 16.0 Å². The first kappa shape index (κ1) is 18.7. The Balaban J connectivity index is 1.58. The van der Waals surface area contributed by atoms with Gasteiger partial charge >= 0.3 is 6.03 Å². The molecule has 8 heteroatoms. The SMILES string of the molecule is CC1(CN)CCN(C(=O)CCC2NC(=O)N(c3ccc(Cl)cc3)C2=O)C1. The van der Waals surface area contributed by atoms with Crippen LogP contribution in [0.15, 0.2) is 24.3 Å². The second-order valence-electron chi connectivity index (χ2n) is 7.27. The summed E-state index contributed by atoms with van der Waals surface area (Å²) in [7, 11) is 0. The van der Waals surface area contributed by atoms with Crippen molar-refractivity contribution in [1.82, 2.24) is 10.2 Å². The van der Waals surface area contributed by atoms with Crippen molar-refractivity contribution in [3.63, 3.8) is 0 Å². The molecule has 2 saturated heterocycles. The molecule has 3 rings (SSSR count). The van der Waals surface area contributed by atoms with Gasteiger partial charge in [-0.1, -0.05) is 18.5 Å². The average Bonchev–Trinajstić information content (AvgIpc) is 3.15. The molecule has 0 radical (unpaired) electrons. The van der Waals surface area contributed by atoms with Gasteiger partial charge in [0.25, 0.3) is 5.91 Å². The Labute approximate surface area is 157 Å². The zero-order valence-electron chi connectivity index (χ0n) is 14.7. The molecule has 26 heavy (non-hydrogen) atoms. The lowest BCUT2D eigenvalue weighted by molar-refractivity contribution is -0.130. The zero-order valence-corrected chi connectivity index (χ0v) is 15.5. The predicted molar refractivity (Wildman–Crippen MR) is 98.9 cm³/mol.